The Hall–Kier alpha value is -2.55. The normalized spacial score (nSPS) is 13.1. The lowest BCUT2D eigenvalue weighted by Gasteiger charge is -2.02. The van der Waals surface area contributed by atoms with Crippen molar-refractivity contribution in [1.29, 1.82) is 0 Å². The molecule has 1 aliphatic heterocycles. The summed E-state index contributed by atoms with van der Waals surface area (Å²) in [6.45, 7) is 0.959. The van der Waals surface area contributed by atoms with Gasteiger partial charge in [-0.2, -0.15) is 9.13 Å². The first-order chi connectivity index (χ1) is 9.84. The SMILES string of the molecule is C[n+]1ccc2c3c1c1ncccc1c1ccc[n+](c13)C2. The number of hydrogen-bond donors (Lipinski definition) is 0. The molecule has 0 saturated heterocycles. The fourth-order valence-corrected chi connectivity index (χ4v) is 3.54. The molecule has 94 valence electrons. The molecule has 0 fully saturated rings. The lowest BCUT2D eigenvalue weighted by Crippen LogP contribution is -2.30. The first kappa shape index (κ1) is 10.3. The van der Waals surface area contributed by atoms with Crippen LogP contribution in [0.3, 0.4) is 0 Å². The van der Waals surface area contributed by atoms with Crippen LogP contribution in [0, 0.1) is 0 Å². The molecular formula is C17H13N3+2. The number of fused-ring (bicyclic) bond motifs is 3. The van der Waals surface area contributed by atoms with Crippen molar-refractivity contribution in [2.75, 3.05) is 0 Å². The third-order valence-electron chi connectivity index (χ3n) is 4.38. The average molecular weight is 259 g/mol. The van der Waals surface area contributed by atoms with Gasteiger partial charge in [0.15, 0.2) is 18.9 Å². The van der Waals surface area contributed by atoms with Crippen LogP contribution in [0.15, 0.2) is 48.9 Å². The summed E-state index contributed by atoms with van der Waals surface area (Å²) in [6, 6.07) is 10.8. The van der Waals surface area contributed by atoms with Crippen molar-refractivity contribution in [2.45, 2.75) is 6.54 Å². The second kappa shape index (κ2) is 3.31. The Kier molecular flexibility index (Phi) is 1.70. The predicted octanol–water partition coefficient (Wildman–Crippen LogP) is 2.01. The van der Waals surface area contributed by atoms with Crippen LogP contribution in [-0.4, -0.2) is 4.98 Å². The molecule has 3 heteroatoms. The van der Waals surface area contributed by atoms with E-state index in [1.54, 1.807) is 0 Å². The molecule has 20 heavy (non-hydrogen) atoms. The molecule has 3 aromatic heterocycles. The standard InChI is InChI=1S/C17H13N3/c1-19-9-6-11-10-20-8-3-5-13-12-4-2-7-18-15(12)17(19)14(11)16(13)20/h2-9H,10H2,1H3/q+2. The van der Waals surface area contributed by atoms with E-state index in [2.05, 4.69) is 57.8 Å². The molecule has 1 aromatic carbocycles. The minimum atomic E-state index is 0.959. The minimum Gasteiger partial charge on any atom is -0.249 e. The molecule has 4 aromatic rings. The van der Waals surface area contributed by atoms with Crippen LogP contribution < -0.4 is 9.13 Å². The van der Waals surface area contributed by atoms with Gasteiger partial charge in [-0.15, -0.1) is 0 Å². The van der Waals surface area contributed by atoms with Crippen LogP contribution in [0.25, 0.3) is 32.7 Å². The Morgan fingerprint density at radius 2 is 1.90 bits per heavy atom. The molecule has 0 saturated carbocycles. The molecule has 5 rings (SSSR count). The summed E-state index contributed by atoms with van der Waals surface area (Å²) in [6.07, 6.45) is 6.20. The third kappa shape index (κ3) is 1.05. The second-order valence-electron chi connectivity index (χ2n) is 5.47. The molecule has 3 nitrogen and oxygen atoms in total. The Labute approximate surface area is 115 Å². The maximum atomic E-state index is 4.65. The van der Waals surface area contributed by atoms with Gasteiger partial charge in [-0.25, -0.2) is 4.98 Å². The molecule has 0 bridgehead atoms. The van der Waals surface area contributed by atoms with Crippen molar-refractivity contribution < 1.29 is 9.13 Å². The van der Waals surface area contributed by atoms with Gasteiger partial charge in [-0.1, -0.05) is 6.07 Å². The van der Waals surface area contributed by atoms with Gasteiger partial charge in [0.1, 0.15) is 18.0 Å². The summed E-state index contributed by atoms with van der Waals surface area (Å²) in [5.41, 5.74) is 5.07. The van der Waals surface area contributed by atoms with E-state index < -0.39 is 0 Å². The van der Waals surface area contributed by atoms with Gasteiger partial charge in [0.05, 0.1) is 5.39 Å². The molecule has 0 spiro atoms. The van der Waals surface area contributed by atoms with Gasteiger partial charge in [-0.3, -0.25) is 0 Å². The molecule has 0 aliphatic carbocycles. The lowest BCUT2D eigenvalue weighted by atomic mass is 10.0. The van der Waals surface area contributed by atoms with Crippen molar-refractivity contribution in [2.24, 2.45) is 7.05 Å². The van der Waals surface area contributed by atoms with Gasteiger partial charge < -0.3 is 0 Å². The highest BCUT2D eigenvalue weighted by atomic mass is 15.0. The van der Waals surface area contributed by atoms with Gasteiger partial charge in [-0.05, 0) is 12.1 Å². The molecule has 0 atom stereocenters. The highest BCUT2D eigenvalue weighted by Gasteiger charge is 2.30. The molecule has 0 unspecified atom stereocenters. The van der Waals surface area contributed by atoms with Gasteiger partial charge >= 0.3 is 0 Å². The predicted molar refractivity (Wildman–Crippen MR) is 77.2 cm³/mol. The summed E-state index contributed by atoms with van der Waals surface area (Å²) in [4.78, 5) is 4.65. The van der Waals surface area contributed by atoms with E-state index >= 15 is 0 Å². The van der Waals surface area contributed by atoms with E-state index in [1.165, 1.54) is 32.8 Å². The first-order valence-corrected chi connectivity index (χ1v) is 6.85. The van der Waals surface area contributed by atoms with Gasteiger partial charge in [0, 0.05) is 29.3 Å². The van der Waals surface area contributed by atoms with Crippen LogP contribution in [0.2, 0.25) is 0 Å². The number of aromatic nitrogens is 3. The van der Waals surface area contributed by atoms with Crippen LogP contribution in [0.5, 0.6) is 0 Å². The maximum absolute atomic E-state index is 4.65. The molecule has 4 heterocycles. The Bertz CT molecular complexity index is 1020. The molecular weight excluding hydrogens is 246 g/mol. The minimum absolute atomic E-state index is 0.959. The second-order valence-corrected chi connectivity index (χ2v) is 5.47. The number of pyridine rings is 3. The number of aryl methyl sites for hydroxylation is 1. The van der Waals surface area contributed by atoms with Crippen molar-refractivity contribution in [3.63, 3.8) is 0 Å². The van der Waals surface area contributed by atoms with Crippen molar-refractivity contribution in [3.05, 3.63) is 54.5 Å². The summed E-state index contributed by atoms with van der Waals surface area (Å²) < 4.78 is 4.54. The van der Waals surface area contributed by atoms with E-state index in [1.807, 2.05) is 12.3 Å². The summed E-state index contributed by atoms with van der Waals surface area (Å²) in [5, 5.41) is 3.89. The van der Waals surface area contributed by atoms with Crippen molar-refractivity contribution in [3.8, 4) is 0 Å². The quantitative estimate of drug-likeness (QED) is 0.308. The van der Waals surface area contributed by atoms with Crippen LogP contribution in [-0.2, 0) is 13.6 Å². The Balaban J connectivity index is 2.29. The van der Waals surface area contributed by atoms with E-state index in [-0.39, 0.29) is 0 Å². The summed E-state index contributed by atoms with van der Waals surface area (Å²) in [7, 11) is 2.10. The zero-order chi connectivity index (χ0) is 13.3. The Morgan fingerprint density at radius 3 is 2.85 bits per heavy atom. The van der Waals surface area contributed by atoms with Crippen molar-refractivity contribution >= 4 is 32.7 Å². The third-order valence-corrected chi connectivity index (χ3v) is 4.38. The number of hydrogen-bond acceptors (Lipinski definition) is 1. The topological polar surface area (TPSA) is 20.6 Å². The fraction of sp³-hybridized carbons (Fsp3) is 0.118. The fourth-order valence-electron chi connectivity index (χ4n) is 3.54. The smallest absolute Gasteiger partial charge is 0.246 e. The highest BCUT2D eigenvalue weighted by molar-refractivity contribution is 6.20. The largest absolute Gasteiger partial charge is 0.249 e. The van der Waals surface area contributed by atoms with Crippen LogP contribution >= 0.6 is 0 Å². The average Bonchev–Trinajstić information content (AvgIpc) is 2.86. The summed E-state index contributed by atoms with van der Waals surface area (Å²) >= 11 is 0. The van der Waals surface area contributed by atoms with E-state index in [9.17, 15) is 0 Å². The maximum Gasteiger partial charge on any atom is 0.246 e. The van der Waals surface area contributed by atoms with Crippen molar-refractivity contribution in [1.82, 2.24) is 4.98 Å². The van der Waals surface area contributed by atoms with Gasteiger partial charge in [0.25, 0.3) is 0 Å². The molecule has 0 radical (unpaired) electrons. The van der Waals surface area contributed by atoms with E-state index in [0.717, 1.165) is 12.1 Å². The first-order valence-electron chi connectivity index (χ1n) is 6.85. The number of rotatable bonds is 0. The van der Waals surface area contributed by atoms with E-state index in [0.29, 0.717) is 0 Å². The Morgan fingerprint density at radius 1 is 1.00 bits per heavy atom. The van der Waals surface area contributed by atoms with Gasteiger partial charge in [0.2, 0.25) is 11.0 Å². The summed E-state index contributed by atoms with van der Waals surface area (Å²) in [5.74, 6) is 0. The molecule has 0 amide bonds. The monoisotopic (exact) mass is 259 g/mol. The molecule has 1 aliphatic rings. The zero-order valence-corrected chi connectivity index (χ0v) is 11.2. The lowest BCUT2D eigenvalue weighted by molar-refractivity contribution is -0.657. The number of benzene rings is 1. The van der Waals surface area contributed by atoms with Crippen LogP contribution in [0.4, 0.5) is 0 Å². The zero-order valence-electron chi connectivity index (χ0n) is 11.2. The van der Waals surface area contributed by atoms with E-state index in [4.69, 9.17) is 0 Å². The highest BCUT2D eigenvalue weighted by Crippen LogP contribution is 2.34. The molecule has 0 N–H and O–H groups in total. The number of nitrogens with zero attached hydrogens (tertiary/aromatic N) is 3. The van der Waals surface area contributed by atoms with Crippen LogP contribution in [0.1, 0.15) is 5.56 Å².